The summed E-state index contributed by atoms with van der Waals surface area (Å²) in [5, 5.41) is 8.35. The molecule has 2 heterocycles. The van der Waals surface area contributed by atoms with Crippen LogP contribution in [0.4, 0.5) is 0 Å². The van der Waals surface area contributed by atoms with Crippen molar-refractivity contribution < 1.29 is 4.79 Å². The Morgan fingerprint density at radius 2 is 2.12 bits per heavy atom. The van der Waals surface area contributed by atoms with Crippen molar-refractivity contribution in [2.45, 2.75) is 32.6 Å². The molecule has 5 nitrogen and oxygen atoms in total. The summed E-state index contributed by atoms with van der Waals surface area (Å²) in [5.41, 5.74) is 2.54. The van der Waals surface area contributed by atoms with Gasteiger partial charge < -0.3 is 10.2 Å². The molecular weight excluding hydrogens is 348 g/mol. The second-order valence-corrected chi connectivity index (χ2v) is 7.31. The molecule has 0 spiro atoms. The monoisotopic (exact) mass is 374 g/mol. The number of likely N-dealkylation sites (tertiary alicyclic amines) is 1. The third-order valence-electron chi connectivity index (χ3n) is 5.19. The lowest BCUT2D eigenvalue weighted by Gasteiger charge is -2.32. The maximum absolute atomic E-state index is 13.0. The number of piperidine rings is 1. The van der Waals surface area contributed by atoms with Gasteiger partial charge in [0.25, 0.3) is 5.91 Å². The second-order valence-electron chi connectivity index (χ2n) is 6.88. The molecule has 1 aromatic heterocycles. The lowest BCUT2D eigenvalue weighted by molar-refractivity contribution is 0.0686. The van der Waals surface area contributed by atoms with Crippen LogP contribution in [-0.4, -0.2) is 47.3 Å². The molecule has 6 heteroatoms. The molecule has 2 aromatic rings. The van der Waals surface area contributed by atoms with Gasteiger partial charge in [0.05, 0.1) is 23.1 Å². The molecule has 0 atom stereocenters. The summed E-state index contributed by atoms with van der Waals surface area (Å²) < 4.78 is 1.83. The van der Waals surface area contributed by atoms with Gasteiger partial charge in [0.1, 0.15) is 0 Å². The van der Waals surface area contributed by atoms with Crippen molar-refractivity contribution in [3.05, 3.63) is 46.7 Å². The first-order valence-electron chi connectivity index (χ1n) is 9.40. The maximum Gasteiger partial charge on any atom is 0.257 e. The number of nitrogens with zero attached hydrogens (tertiary/aromatic N) is 3. The van der Waals surface area contributed by atoms with Crippen LogP contribution in [0.1, 0.15) is 42.2 Å². The molecule has 1 aliphatic heterocycles. The van der Waals surface area contributed by atoms with Gasteiger partial charge in [-0.05, 0) is 63.4 Å². The van der Waals surface area contributed by atoms with E-state index in [-0.39, 0.29) is 5.91 Å². The highest BCUT2D eigenvalue weighted by atomic mass is 35.5. The number of hydrogen-bond donors (Lipinski definition) is 1. The van der Waals surface area contributed by atoms with Gasteiger partial charge in [0.2, 0.25) is 0 Å². The third kappa shape index (κ3) is 4.10. The minimum atomic E-state index is 0.0993. The summed E-state index contributed by atoms with van der Waals surface area (Å²) in [6, 6.07) is 7.56. The Bertz CT molecular complexity index is 750. The number of benzene rings is 1. The number of aromatic nitrogens is 2. The molecule has 1 saturated heterocycles. The fraction of sp³-hybridized carbons (Fsp3) is 0.500. The van der Waals surface area contributed by atoms with Crippen LogP contribution in [0.2, 0.25) is 5.02 Å². The van der Waals surface area contributed by atoms with Crippen LogP contribution in [0.15, 0.2) is 30.5 Å². The number of carbonyl (C=O) groups excluding carboxylic acids is 1. The van der Waals surface area contributed by atoms with Crippen molar-refractivity contribution >= 4 is 17.5 Å². The van der Waals surface area contributed by atoms with E-state index in [1.54, 1.807) is 6.20 Å². The second kappa shape index (κ2) is 8.69. The molecule has 1 fully saturated rings. The first kappa shape index (κ1) is 18.9. The summed E-state index contributed by atoms with van der Waals surface area (Å²) in [6.45, 7) is 4.77. The van der Waals surface area contributed by atoms with Crippen molar-refractivity contribution in [3.8, 4) is 5.69 Å². The van der Waals surface area contributed by atoms with Gasteiger partial charge in [0, 0.05) is 18.1 Å². The first-order valence-corrected chi connectivity index (χ1v) is 9.78. The van der Waals surface area contributed by atoms with Crippen LogP contribution >= 0.6 is 11.6 Å². The molecule has 0 radical (unpaired) electrons. The van der Waals surface area contributed by atoms with Crippen LogP contribution in [0.25, 0.3) is 5.69 Å². The largest absolute Gasteiger partial charge is 0.339 e. The summed E-state index contributed by atoms with van der Waals surface area (Å²) in [4.78, 5) is 15.0. The third-order valence-corrected chi connectivity index (χ3v) is 5.43. The molecule has 0 saturated carbocycles. The van der Waals surface area contributed by atoms with E-state index < -0.39 is 0 Å². The molecule has 1 aliphatic rings. The summed E-state index contributed by atoms with van der Waals surface area (Å²) in [6.07, 6.45) is 5.79. The number of nitrogens with one attached hydrogen (secondary N) is 1. The zero-order valence-corrected chi connectivity index (χ0v) is 16.3. The van der Waals surface area contributed by atoms with E-state index in [4.69, 9.17) is 11.6 Å². The molecule has 0 aliphatic carbocycles. The quantitative estimate of drug-likeness (QED) is 0.841. The minimum Gasteiger partial charge on any atom is -0.339 e. The van der Waals surface area contributed by atoms with E-state index in [2.05, 4.69) is 17.3 Å². The number of carbonyl (C=O) groups is 1. The lowest BCUT2D eigenvalue weighted by Crippen LogP contribution is -2.39. The van der Waals surface area contributed by atoms with Crippen molar-refractivity contribution in [1.29, 1.82) is 0 Å². The van der Waals surface area contributed by atoms with Gasteiger partial charge in [-0.2, -0.15) is 5.10 Å². The Balaban J connectivity index is 1.74. The van der Waals surface area contributed by atoms with Crippen LogP contribution in [0, 0.1) is 5.92 Å². The van der Waals surface area contributed by atoms with E-state index >= 15 is 0 Å². The highest BCUT2D eigenvalue weighted by Crippen LogP contribution is 2.24. The fourth-order valence-electron chi connectivity index (χ4n) is 3.67. The molecule has 1 amide bonds. The van der Waals surface area contributed by atoms with Crippen LogP contribution in [-0.2, 0) is 6.42 Å². The van der Waals surface area contributed by atoms with Gasteiger partial charge >= 0.3 is 0 Å². The average Bonchev–Trinajstić information content (AvgIpc) is 3.10. The van der Waals surface area contributed by atoms with E-state index in [1.165, 1.54) is 6.42 Å². The van der Waals surface area contributed by atoms with Crippen LogP contribution in [0.5, 0.6) is 0 Å². The van der Waals surface area contributed by atoms with Crippen molar-refractivity contribution in [2.75, 3.05) is 26.7 Å². The number of rotatable bonds is 6. The van der Waals surface area contributed by atoms with Crippen molar-refractivity contribution in [2.24, 2.45) is 5.92 Å². The molecular formula is C20H27ClN4O. The van der Waals surface area contributed by atoms with Crippen LogP contribution < -0.4 is 5.32 Å². The fourth-order valence-corrected chi connectivity index (χ4v) is 3.85. The Morgan fingerprint density at radius 3 is 2.77 bits per heavy atom. The zero-order chi connectivity index (χ0) is 18.5. The molecule has 0 bridgehead atoms. The van der Waals surface area contributed by atoms with Gasteiger partial charge in [0.15, 0.2) is 0 Å². The van der Waals surface area contributed by atoms with Crippen LogP contribution in [0.3, 0.4) is 0 Å². The van der Waals surface area contributed by atoms with Crippen molar-refractivity contribution in [3.63, 3.8) is 0 Å². The molecule has 0 unspecified atom stereocenters. The molecule has 3 rings (SSSR count). The normalized spacial score (nSPS) is 15.4. The van der Waals surface area contributed by atoms with E-state index in [9.17, 15) is 4.79 Å². The average molecular weight is 375 g/mol. The highest BCUT2D eigenvalue weighted by molar-refractivity contribution is 6.30. The Labute approximate surface area is 160 Å². The van der Waals surface area contributed by atoms with Gasteiger partial charge in [-0.25, -0.2) is 4.68 Å². The Hall–Kier alpha value is -1.85. The van der Waals surface area contributed by atoms with Gasteiger partial charge in [-0.1, -0.05) is 24.6 Å². The highest BCUT2D eigenvalue weighted by Gasteiger charge is 2.26. The predicted octanol–water partition coefficient (Wildman–Crippen LogP) is 3.55. The smallest absolute Gasteiger partial charge is 0.257 e. The van der Waals surface area contributed by atoms with Gasteiger partial charge in [-0.3, -0.25) is 4.79 Å². The summed E-state index contributed by atoms with van der Waals surface area (Å²) in [7, 11) is 1.99. The minimum absolute atomic E-state index is 0.0993. The molecule has 140 valence electrons. The number of hydrogen-bond acceptors (Lipinski definition) is 3. The Morgan fingerprint density at radius 1 is 1.35 bits per heavy atom. The summed E-state index contributed by atoms with van der Waals surface area (Å²) >= 11 is 6.11. The first-order chi connectivity index (χ1) is 12.6. The van der Waals surface area contributed by atoms with E-state index in [0.29, 0.717) is 16.5 Å². The maximum atomic E-state index is 13.0. The SMILES string of the molecule is CCc1c(C(=O)N2CCC(CCNC)CC2)cnn1-c1cccc(Cl)c1. The summed E-state index contributed by atoms with van der Waals surface area (Å²) in [5.74, 6) is 0.813. The predicted molar refractivity (Wildman–Crippen MR) is 105 cm³/mol. The topological polar surface area (TPSA) is 50.2 Å². The number of amides is 1. The standard InChI is InChI=1S/C20H27ClN4O/c1-3-19-18(14-23-25(19)17-6-4-5-16(21)13-17)20(26)24-11-8-15(9-12-24)7-10-22-2/h4-6,13-15,22H,3,7-12H2,1-2H3. The molecule has 1 N–H and O–H groups in total. The van der Waals surface area contributed by atoms with E-state index in [0.717, 1.165) is 50.3 Å². The zero-order valence-electron chi connectivity index (χ0n) is 15.5. The van der Waals surface area contributed by atoms with Gasteiger partial charge in [-0.15, -0.1) is 0 Å². The molecule has 1 aromatic carbocycles. The van der Waals surface area contributed by atoms with Crippen molar-refractivity contribution in [1.82, 2.24) is 20.0 Å². The van der Waals surface area contributed by atoms with E-state index in [1.807, 2.05) is 40.9 Å². The number of halogens is 1. The Kier molecular flexibility index (Phi) is 6.33. The lowest BCUT2D eigenvalue weighted by atomic mass is 9.93. The molecule has 26 heavy (non-hydrogen) atoms.